The van der Waals surface area contributed by atoms with Crippen molar-refractivity contribution in [2.45, 2.75) is 32.2 Å². The Morgan fingerprint density at radius 1 is 1.14 bits per heavy atom. The SMILES string of the molecule is O=C(Cc1coc2cc3c(cc12)CCC3)NCc1ccc(-n2cccn2)cc1. The van der Waals surface area contributed by atoms with Gasteiger partial charge in [0, 0.05) is 29.9 Å². The summed E-state index contributed by atoms with van der Waals surface area (Å²) in [5.41, 5.74) is 6.68. The minimum Gasteiger partial charge on any atom is -0.464 e. The van der Waals surface area contributed by atoms with Crippen LogP contribution in [0, 0.1) is 0 Å². The third kappa shape index (κ3) is 3.20. The van der Waals surface area contributed by atoms with Gasteiger partial charge in [0.05, 0.1) is 18.4 Å². The van der Waals surface area contributed by atoms with Gasteiger partial charge in [-0.25, -0.2) is 4.68 Å². The number of benzene rings is 2. The highest BCUT2D eigenvalue weighted by molar-refractivity contribution is 5.88. The first-order valence-corrected chi connectivity index (χ1v) is 9.64. The number of nitrogens with zero attached hydrogens (tertiary/aromatic N) is 2. The first-order valence-electron chi connectivity index (χ1n) is 9.64. The molecule has 0 aliphatic heterocycles. The fraction of sp³-hybridized carbons (Fsp3) is 0.217. The first-order chi connectivity index (χ1) is 13.8. The van der Waals surface area contributed by atoms with Crippen LogP contribution in [0.1, 0.15) is 28.7 Å². The molecule has 0 bridgehead atoms. The molecule has 5 nitrogen and oxygen atoms in total. The summed E-state index contributed by atoms with van der Waals surface area (Å²) in [6.45, 7) is 0.503. The average Bonchev–Trinajstić information content (AvgIpc) is 3.47. The van der Waals surface area contributed by atoms with E-state index in [2.05, 4.69) is 22.5 Å². The van der Waals surface area contributed by atoms with Crippen LogP contribution < -0.4 is 5.32 Å². The molecule has 2 aromatic carbocycles. The molecule has 1 N–H and O–H groups in total. The van der Waals surface area contributed by atoms with E-state index in [-0.39, 0.29) is 5.91 Å². The Hall–Kier alpha value is -3.34. The summed E-state index contributed by atoms with van der Waals surface area (Å²) in [4.78, 5) is 12.4. The quantitative estimate of drug-likeness (QED) is 0.577. The minimum atomic E-state index is -0.000601. The summed E-state index contributed by atoms with van der Waals surface area (Å²) in [5, 5.41) is 8.29. The normalized spacial score (nSPS) is 13.0. The number of hydrogen-bond acceptors (Lipinski definition) is 3. The molecule has 0 atom stereocenters. The summed E-state index contributed by atoms with van der Waals surface area (Å²) in [5.74, 6) is -0.000601. The summed E-state index contributed by atoms with van der Waals surface area (Å²) < 4.78 is 7.51. The van der Waals surface area contributed by atoms with Crippen LogP contribution in [-0.4, -0.2) is 15.7 Å². The molecule has 1 aliphatic carbocycles. The predicted octanol–water partition coefficient (Wildman–Crippen LogP) is 3.97. The summed E-state index contributed by atoms with van der Waals surface area (Å²) in [7, 11) is 0. The van der Waals surface area contributed by atoms with E-state index in [4.69, 9.17) is 4.42 Å². The van der Waals surface area contributed by atoms with E-state index >= 15 is 0 Å². The summed E-state index contributed by atoms with van der Waals surface area (Å²) in [6, 6.07) is 14.2. The van der Waals surface area contributed by atoms with E-state index in [1.807, 2.05) is 41.2 Å². The Bertz CT molecular complexity index is 1120. The first kappa shape index (κ1) is 16.8. The lowest BCUT2D eigenvalue weighted by atomic mass is 10.0. The van der Waals surface area contributed by atoms with E-state index in [0.717, 1.165) is 40.6 Å². The average molecular weight is 371 g/mol. The molecule has 0 fully saturated rings. The topological polar surface area (TPSA) is 60.1 Å². The lowest BCUT2D eigenvalue weighted by Crippen LogP contribution is -2.24. The molecule has 28 heavy (non-hydrogen) atoms. The largest absolute Gasteiger partial charge is 0.464 e. The van der Waals surface area contributed by atoms with E-state index in [0.29, 0.717) is 13.0 Å². The highest BCUT2D eigenvalue weighted by Gasteiger charge is 2.16. The number of amides is 1. The number of furan rings is 1. The maximum atomic E-state index is 12.4. The van der Waals surface area contributed by atoms with E-state index < -0.39 is 0 Å². The van der Waals surface area contributed by atoms with E-state index in [1.165, 1.54) is 17.5 Å². The van der Waals surface area contributed by atoms with Gasteiger partial charge in [-0.1, -0.05) is 12.1 Å². The van der Waals surface area contributed by atoms with Crippen LogP contribution >= 0.6 is 0 Å². The molecule has 140 valence electrons. The van der Waals surface area contributed by atoms with Gasteiger partial charge in [0.25, 0.3) is 0 Å². The predicted molar refractivity (Wildman–Crippen MR) is 107 cm³/mol. The number of aromatic nitrogens is 2. The van der Waals surface area contributed by atoms with Crippen LogP contribution in [-0.2, 0) is 30.6 Å². The van der Waals surface area contributed by atoms with Crippen LogP contribution in [0.3, 0.4) is 0 Å². The van der Waals surface area contributed by atoms with Crippen molar-refractivity contribution >= 4 is 16.9 Å². The van der Waals surface area contributed by atoms with E-state index in [1.54, 1.807) is 12.5 Å². The smallest absolute Gasteiger partial charge is 0.224 e. The molecule has 0 saturated heterocycles. The van der Waals surface area contributed by atoms with Gasteiger partial charge in [0.1, 0.15) is 5.58 Å². The Kier molecular flexibility index (Phi) is 4.20. The second-order valence-electron chi connectivity index (χ2n) is 7.30. The Balaban J connectivity index is 1.24. The van der Waals surface area contributed by atoms with Crippen molar-refractivity contribution in [3.8, 4) is 5.69 Å². The van der Waals surface area contributed by atoms with Crippen molar-refractivity contribution in [2.75, 3.05) is 0 Å². The summed E-state index contributed by atoms with van der Waals surface area (Å²) in [6.07, 6.45) is 9.16. The van der Waals surface area contributed by atoms with Crippen LogP contribution in [0.4, 0.5) is 0 Å². The van der Waals surface area contributed by atoms with E-state index in [9.17, 15) is 4.79 Å². The van der Waals surface area contributed by atoms with Gasteiger partial charge in [-0.15, -0.1) is 0 Å². The molecular weight excluding hydrogens is 350 g/mol. The van der Waals surface area contributed by atoms with Crippen molar-refractivity contribution in [3.63, 3.8) is 0 Å². The second kappa shape index (κ2) is 7.00. The number of hydrogen-bond donors (Lipinski definition) is 1. The molecule has 1 aliphatic rings. The molecule has 5 heteroatoms. The maximum Gasteiger partial charge on any atom is 0.224 e. The van der Waals surface area contributed by atoms with Gasteiger partial charge in [-0.2, -0.15) is 5.10 Å². The Labute approximate surface area is 163 Å². The molecule has 0 unspecified atom stereocenters. The van der Waals surface area contributed by atoms with Crippen molar-refractivity contribution in [1.82, 2.24) is 15.1 Å². The number of carbonyl (C=O) groups is 1. The number of rotatable bonds is 5. The molecule has 0 radical (unpaired) electrons. The lowest BCUT2D eigenvalue weighted by Gasteiger charge is -2.07. The van der Waals surface area contributed by atoms with Crippen LogP contribution in [0.15, 0.2) is 65.5 Å². The fourth-order valence-corrected chi connectivity index (χ4v) is 3.91. The Morgan fingerprint density at radius 2 is 1.96 bits per heavy atom. The van der Waals surface area contributed by atoms with Crippen LogP contribution in [0.2, 0.25) is 0 Å². The molecule has 5 rings (SSSR count). The van der Waals surface area contributed by atoms with Gasteiger partial charge in [0.2, 0.25) is 5.91 Å². The molecule has 0 saturated carbocycles. The molecule has 2 heterocycles. The van der Waals surface area contributed by atoms with Gasteiger partial charge >= 0.3 is 0 Å². The number of carbonyl (C=O) groups excluding carboxylic acids is 1. The van der Waals surface area contributed by atoms with Crippen molar-refractivity contribution < 1.29 is 9.21 Å². The standard InChI is InChI=1S/C23H21N3O2/c27-23(24-14-16-5-7-20(8-6-16)26-10-2-9-25-26)13-19-15-28-22-12-18-4-1-3-17(18)11-21(19)22/h2,5-12,15H,1,3-4,13-14H2,(H,24,27). The summed E-state index contributed by atoms with van der Waals surface area (Å²) >= 11 is 0. The second-order valence-corrected chi connectivity index (χ2v) is 7.30. The van der Waals surface area contributed by atoms with Crippen molar-refractivity contribution in [3.05, 3.63) is 83.4 Å². The van der Waals surface area contributed by atoms with Gasteiger partial charge in [0.15, 0.2) is 0 Å². The third-order valence-electron chi connectivity index (χ3n) is 5.41. The number of nitrogens with one attached hydrogen (secondary N) is 1. The highest BCUT2D eigenvalue weighted by Crippen LogP contribution is 2.30. The molecule has 0 spiro atoms. The third-order valence-corrected chi connectivity index (χ3v) is 5.41. The molecule has 2 aromatic heterocycles. The molecular formula is C23H21N3O2. The highest BCUT2D eigenvalue weighted by atomic mass is 16.3. The van der Waals surface area contributed by atoms with Crippen LogP contribution in [0.25, 0.3) is 16.7 Å². The number of aryl methyl sites for hydroxylation is 2. The van der Waals surface area contributed by atoms with Crippen LogP contribution in [0.5, 0.6) is 0 Å². The zero-order valence-electron chi connectivity index (χ0n) is 15.5. The lowest BCUT2D eigenvalue weighted by molar-refractivity contribution is -0.120. The molecule has 4 aromatic rings. The fourth-order valence-electron chi connectivity index (χ4n) is 3.91. The zero-order chi connectivity index (χ0) is 18.9. The maximum absolute atomic E-state index is 12.4. The monoisotopic (exact) mass is 371 g/mol. The number of fused-ring (bicyclic) bond motifs is 2. The van der Waals surface area contributed by atoms with Crippen molar-refractivity contribution in [1.29, 1.82) is 0 Å². The minimum absolute atomic E-state index is 0.000601. The van der Waals surface area contributed by atoms with Gasteiger partial charge < -0.3 is 9.73 Å². The van der Waals surface area contributed by atoms with Gasteiger partial charge in [-0.05, 0) is 66.3 Å². The Morgan fingerprint density at radius 3 is 2.75 bits per heavy atom. The van der Waals surface area contributed by atoms with Crippen molar-refractivity contribution in [2.24, 2.45) is 0 Å². The molecule has 1 amide bonds. The zero-order valence-corrected chi connectivity index (χ0v) is 15.5. The van der Waals surface area contributed by atoms with Gasteiger partial charge in [-0.3, -0.25) is 4.79 Å².